The van der Waals surface area contributed by atoms with Crippen molar-refractivity contribution < 1.29 is 13.5 Å². The van der Waals surface area contributed by atoms with Crippen molar-refractivity contribution in [2.75, 3.05) is 0 Å². The normalized spacial score (nSPS) is 10.7. The minimum Gasteiger partial charge on any atom is -0.867 e. The third-order valence-corrected chi connectivity index (χ3v) is 3.70. The molecule has 5 nitrogen and oxygen atoms in total. The van der Waals surface area contributed by atoms with E-state index < -0.39 is 14.8 Å². The van der Waals surface area contributed by atoms with E-state index in [2.05, 4.69) is 4.98 Å². The van der Waals surface area contributed by atoms with Crippen molar-refractivity contribution in [3.8, 4) is 5.75 Å². The molecule has 0 radical (unpaired) electrons. The Balaban J connectivity index is 0.00000162. The molecule has 2 aromatic carbocycles. The summed E-state index contributed by atoms with van der Waals surface area (Å²) in [6.07, 6.45) is 0. The minimum absolute atomic E-state index is 0. The van der Waals surface area contributed by atoms with Crippen LogP contribution >= 0.6 is 10.7 Å². The molecule has 0 N–H and O–H groups in total. The van der Waals surface area contributed by atoms with E-state index in [9.17, 15) is 13.5 Å². The Kier molecular flexibility index (Phi) is 3.79. The molecule has 0 unspecified atom stereocenters. The molecule has 0 aromatic heterocycles. The first kappa shape index (κ1) is 14.2. The third kappa shape index (κ3) is 2.23. The fraction of sp³-hybridized carbons (Fsp3) is 0.0909. The van der Waals surface area contributed by atoms with E-state index in [4.69, 9.17) is 16.1 Å². The van der Waals surface area contributed by atoms with Crippen molar-refractivity contribution in [2.45, 2.75) is 12.3 Å². The summed E-state index contributed by atoms with van der Waals surface area (Å²) in [4.78, 5) is 2.68. The van der Waals surface area contributed by atoms with Crippen LogP contribution in [0, 0.1) is 5.39 Å². The molecular weight excluding hydrogens is 276 g/mol. The zero-order valence-corrected chi connectivity index (χ0v) is 9.86. The lowest BCUT2D eigenvalue weighted by Gasteiger charge is -2.08. The molecule has 7 heteroatoms. The lowest BCUT2D eigenvalue weighted by Crippen LogP contribution is -1.96. The molecule has 0 spiro atoms. The summed E-state index contributed by atoms with van der Waals surface area (Å²) in [6, 6.07) is 6.76. The van der Waals surface area contributed by atoms with Crippen LogP contribution < -0.4 is 5.11 Å². The average molecular weight is 285 g/mol. The van der Waals surface area contributed by atoms with Crippen LogP contribution in [0.15, 0.2) is 35.2 Å². The first-order chi connectivity index (χ1) is 7.95. The Morgan fingerprint density at radius 3 is 2.39 bits per heavy atom. The predicted octanol–water partition coefficient (Wildman–Crippen LogP) is 2.96. The molecule has 0 atom stereocenters. The van der Waals surface area contributed by atoms with Gasteiger partial charge in [-0.3, -0.25) is 0 Å². The van der Waals surface area contributed by atoms with E-state index in [1.54, 1.807) is 0 Å². The topological polar surface area (TPSA) is 85.3 Å². The van der Waals surface area contributed by atoms with Gasteiger partial charge in [-0.1, -0.05) is 19.6 Å². The molecule has 0 saturated heterocycles. The fourth-order valence-electron chi connectivity index (χ4n) is 1.58. The van der Waals surface area contributed by atoms with Gasteiger partial charge in [0, 0.05) is 22.1 Å². The summed E-state index contributed by atoms with van der Waals surface area (Å²) in [6.45, 7) is 0. The van der Waals surface area contributed by atoms with Gasteiger partial charge in [-0.25, -0.2) is 8.42 Å². The number of hydrogen-bond acceptors (Lipinski definition) is 4. The van der Waals surface area contributed by atoms with Gasteiger partial charge in [-0.15, -0.1) is 0 Å². The molecule has 0 bridgehead atoms. The highest BCUT2D eigenvalue weighted by Gasteiger charge is 2.17. The van der Waals surface area contributed by atoms with E-state index in [-0.39, 0.29) is 28.8 Å². The molecule has 0 aliphatic rings. The summed E-state index contributed by atoms with van der Waals surface area (Å²) in [5.41, 5.74) is -0.151. The van der Waals surface area contributed by atoms with Crippen LogP contribution in [0.4, 0.5) is 5.69 Å². The molecule has 18 heavy (non-hydrogen) atoms. The average Bonchev–Trinajstić information content (AvgIpc) is 2.28. The van der Waals surface area contributed by atoms with Crippen molar-refractivity contribution in [1.29, 1.82) is 5.39 Å². The SMILES string of the molecule is C.N#[N+]c1ccc2c(S(=O)(=O)Cl)cccc2c1[O-]. The van der Waals surface area contributed by atoms with Crippen LogP contribution in [-0.2, 0) is 9.05 Å². The maximum absolute atomic E-state index is 11.7. The molecule has 0 amide bonds. The standard InChI is InChI=1S/C10H5ClN2O3S.CH4/c11-17(15,16)9-3-1-2-7-6(9)4-5-8(13-12)10(7)14;/h1-5H;1H4. The van der Waals surface area contributed by atoms with E-state index >= 15 is 0 Å². The second kappa shape index (κ2) is 4.80. The number of rotatable bonds is 1. The van der Waals surface area contributed by atoms with Crippen molar-refractivity contribution >= 4 is 36.2 Å². The van der Waals surface area contributed by atoms with Gasteiger partial charge in [0.05, 0.1) is 4.90 Å². The first-order valence-corrected chi connectivity index (χ1v) is 6.78. The Labute approximate surface area is 109 Å². The second-order valence-electron chi connectivity index (χ2n) is 3.30. The molecule has 0 heterocycles. The number of fused-ring (bicyclic) bond motifs is 1. The van der Waals surface area contributed by atoms with Crippen LogP contribution in [0.3, 0.4) is 0 Å². The van der Waals surface area contributed by atoms with Gasteiger partial charge in [0.15, 0.2) is 4.98 Å². The summed E-state index contributed by atoms with van der Waals surface area (Å²) >= 11 is 0. The highest BCUT2D eigenvalue weighted by atomic mass is 35.7. The summed E-state index contributed by atoms with van der Waals surface area (Å²) in [5.74, 6) is -0.549. The molecule has 2 rings (SSSR count). The Hall–Kier alpha value is -1.84. The van der Waals surface area contributed by atoms with Crippen LogP contribution in [0.25, 0.3) is 15.7 Å². The molecule has 94 valence electrons. The zero-order valence-electron chi connectivity index (χ0n) is 8.29. The Morgan fingerprint density at radius 2 is 1.83 bits per heavy atom. The van der Waals surface area contributed by atoms with E-state index in [0.29, 0.717) is 0 Å². The Bertz CT molecular complexity index is 751. The quantitative estimate of drug-likeness (QED) is 0.595. The highest BCUT2D eigenvalue weighted by molar-refractivity contribution is 8.14. The van der Waals surface area contributed by atoms with Crippen LogP contribution in [0.5, 0.6) is 5.75 Å². The van der Waals surface area contributed by atoms with E-state index in [1.807, 2.05) is 0 Å². The molecule has 0 aliphatic carbocycles. The summed E-state index contributed by atoms with van der Waals surface area (Å²) in [7, 11) is 1.34. The van der Waals surface area contributed by atoms with Gasteiger partial charge in [-0.2, -0.15) is 0 Å². The van der Waals surface area contributed by atoms with E-state index in [1.165, 1.54) is 30.3 Å². The van der Waals surface area contributed by atoms with Gasteiger partial charge in [-0.05, 0) is 23.3 Å². The zero-order chi connectivity index (χ0) is 12.6. The van der Waals surface area contributed by atoms with Gasteiger partial charge in [0.2, 0.25) is 5.39 Å². The maximum Gasteiger partial charge on any atom is 0.378 e. The van der Waals surface area contributed by atoms with Crippen molar-refractivity contribution in [1.82, 2.24) is 0 Å². The number of halogens is 1. The second-order valence-corrected chi connectivity index (χ2v) is 5.84. The number of benzene rings is 2. The molecule has 0 fully saturated rings. The molecule has 2 aromatic rings. The fourth-order valence-corrected chi connectivity index (χ4v) is 2.67. The van der Waals surface area contributed by atoms with Crippen molar-refractivity contribution in [3.63, 3.8) is 0 Å². The molecule has 0 saturated carbocycles. The van der Waals surface area contributed by atoms with Crippen molar-refractivity contribution in [3.05, 3.63) is 35.3 Å². The van der Waals surface area contributed by atoms with Gasteiger partial charge in [0.1, 0.15) is 0 Å². The van der Waals surface area contributed by atoms with Crippen molar-refractivity contribution in [2.24, 2.45) is 0 Å². The van der Waals surface area contributed by atoms with Crippen LogP contribution in [0.2, 0.25) is 0 Å². The van der Waals surface area contributed by atoms with Gasteiger partial charge >= 0.3 is 5.69 Å². The monoisotopic (exact) mass is 284 g/mol. The summed E-state index contributed by atoms with van der Waals surface area (Å²) in [5, 5.41) is 20.7. The Morgan fingerprint density at radius 1 is 1.17 bits per heavy atom. The number of diazo groups is 1. The summed E-state index contributed by atoms with van der Waals surface area (Å²) < 4.78 is 22.6. The molecular formula is C11H9ClN2O3S. The van der Waals surface area contributed by atoms with Crippen LogP contribution in [-0.4, -0.2) is 8.42 Å². The minimum atomic E-state index is -3.93. The maximum atomic E-state index is 11.7. The number of hydrogen-bond donors (Lipinski definition) is 0. The van der Waals surface area contributed by atoms with Gasteiger partial charge < -0.3 is 5.11 Å². The lowest BCUT2D eigenvalue weighted by atomic mass is 10.1. The smallest absolute Gasteiger partial charge is 0.378 e. The lowest BCUT2D eigenvalue weighted by molar-refractivity contribution is -0.264. The van der Waals surface area contributed by atoms with Crippen LogP contribution in [0.1, 0.15) is 7.43 Å². The third-order valence-electron chi connectivity index (χ3n) is 2.32. The highest BCUT2D eigenvalue weighted by Crippen LogP contribution is 2.35. The molecule has 0 aliphatic heterocycles. The predicted molar refractivity (Wildman–Crippen MR) is 67.9 cm³/mol. The van der Waals surface area contributed by atoms with E-state index in [0.717, 1.165) is 0 Å². The largest absolute Gasteiger partial charge is 0.867 e. The first-order valence-electron chi connectivity index (χ1n) is 4.47. The number of nitrogens with zero attached hydrogens (tertiary/aromatic N) is 2. The van der Waals surface area contributed by atoms with Gasteiger partial charge in [0.25, 0.3) is 9.05 Å².